The molecule has 39 heavy (non-hydrogen) atoms. The van der Waals surface area contributed by atoms with Gasteiger partial charge in [0.15, 0.2) is 10.9 Å². The van der Waals surface area contributed by atoms with Crippen LogP contribution in [-0.4, -0.2) is 87.6 Å². The van der Waals surface area contributed by atoms with Crippen LogP contribution in [0.25, 0.3) is 10.2 Å². The number of hydrogen-bond acceptors (Lipinski definition) is 8. The molecule has 5 rings (SSSR count). The molecule has 1 aromatic heterocycles. The van der Waals surface area contributed by atoms with Gasteiger partial charge in [-0.2, -0.15) is 4.31 Å². The maximum absolute atomic E-state index is 14.5. The number of thiazole rings is 1. The molecule has 0 radical (unpaired) electrons. The first-order valence-corrected chi connectivity index (χ1v) is 15.1. The molecule has 3 heterocycles. The number of rotatable bonds is 9. The van der Waals surface area contributed by atoms with Crippen LogP contribution in [0.2, 0.25) is 0 Å². The van der Waals surface area contributed by atoms with Crippen LogP contribution >= 0.6 is 11.3 Å². The van der Waals surface area contributed by atoms with E-state index in [2.05, 4.69) is 9.88 Å². The summed E-state index contributed by atoms with van der Waals surface area (Å²) in [5, 5.41) is 0.218. The Labute approximate surface area is 230 Å². The smallest absolute Gasteiger partial charge is 0.247 e. The van der Waals surface area contributed by atoms with Gasteiger partial charge in [0.05, 0.1) is 29.9 Å². The molecule has 2 aromatic carbocycles. The van der Waals surface area contributed by atoms with Crippen molar-refractivity contribution in [1.82, 2.24) is 14.2 Å². The minimum absolute atomic E-state index is 0.0171. The number of anilines is 1. The van der Waals surface area contributed by atoms with E-state index in [-0.39, 0.29) is 33.3 Å². The highest BCUT2D eigenvalue weighted by molar-refractivity contribution is 7.89. The lowest BCUT2D eigenvalue weighted by molar-refractivity contribution is -0.121. The molecule has 210 valence electrons. The summed E-state index contributed by atoms with van der Waals surface area (Å²) in [6, 6.07) is 7.05. The molecule has 2 fully saturated rings. The van der Waals surface area contributed by atoms with Crippen molar-refractivity contribution in [2.45, 2.75) is 30.2 Å². The molecular weight excluding hydrogens is 550 g/mol. The normalized spacial score (nSPS) is 19.0. The van der Waals surface area contributed by atoms with E-state index in [0.29, 0.717) is 44.8 Å². The molecular formula is C26H30F2N4O5S2. The molecule has 13 heteroatoms. The number of morpholine rings is 1. The Morgan fingerprint density at radius 2 is 1.92 bits per heavy atom. The summed E-state index contributed by atoms with van der Waals surface area (Å²) >= 11 is 1.01. The maximum atomic E-state index is 14.5. The molecule has 3 aromatic rings. The van der Waals surface area contributed by atoms with Gasteiger partial charge in [0.2, 0.25) is 15.9 Å². The highest BCUT2D eigenvalue weighted by atomic mass is 32.2. The fraction of sp³-hybridized carbons (Fsp3) is 0.462. The number of carbonyl (C=O) groups is 1. The summed E-state index contributed by atoms with van der Waals surface area (Å²) in [6.07, 6.45) is 1.46. The second-order valence-electron chi connectivity index (χ2n) is 9.48. The van der Waals surface area contributed by atoms with Gasteiger partial charge < -0.3 is 9.47 Å². The zero-order valence-corrected chi connectivity index (χ0v) is 23.1. The molecule has 1 atom stereocenters. The van der Waals surface area contributed by atoms with Crippen LogP contribution in [0.5, 0.6) is 5.75 Å². The predicted octanol–water partition coefficient (Wildman–Crippen LogP) is 3.49. The summed E-state index contributed by atoms with van der Waals surface area (Å²) in [5.41, 5.74) is -0.0171. The number of ether oxygens (including phenoxy) is 2. The third-order valence-corrected chi connectivity index (χ3v) is 9.96. The van der Waals surface area contributed by atoms with E-state index in [0.717, 1.165) is 30.5 Å². The predicted molar refractivity (Wildman–Crippen MR) is 144 cm³/mol. The van der Waals surface area contributed by atoms with E-state index in [4.69, 9.17) is 9.47 Å². The molecule has 9 nitrogen and oxygen atoms in total. The molecule has 1 unspecified atom stereocenters. The summed E-state index contributed by atoms with van der Waals surface area (Å²) < 4.78 is 67.5. The number of halogens is 2. The van der Waals surface area contributed by atoms with E-state index in [1.807, 2.05) is 0 Å². The second-order valence-corrected chi connectivity index (χ2v) is 12.4. The average molecular weight is 581 g/mol. The minimum Gasteiger partial charge on any atom is -0.497 e. The number of carbonyl (C=O) groups excluding carboxylic acids is 1. The third kappa shape index (κ3) is 5.92. The Balaban J connectivity index is 1.43. The Hall–Kier alpha value is -2.71. The van der Waals surface area contributed by atoms with Crippen molar-refractivity contribution >= 4 is 42.6 Å². The molecule has 0 saturated carbocycles. The number of fused-ring (bicyclic) bond motifs is 1. The Morgan fingerprint density at radius 3 is 2.64 bits per heavy atom. The molecule has 1 amide bonds. The van der Waals surface area contributed by atoms with Crippen molar-refractivity contribution < 1.29 is 31.5 Å². The van der Waals surface area contributed by atoms with Gasteiger partial charge in [-0.1, -0.05) is 11.3 Å². The van der Waals surface area contributed by atoms with Crippen LogP contribution < -0.4 is 9.64 Å². The van der Waals surface area contributed by atoms with Crippen molar-refractivity contribution in [1.29, 1.82) is 0 Å². The van der Waals surface area contributed by atoms with Gasteiger partial charge in [0, 0.05) is 38.8 Å². The van der Waals surface area contributed by atoms with Gasteiger partial charge in [-0.05, 0) is 49.6 Å². The minimum atomic E-state index is -3.97. The summed E-state index contributed by atoms with van der Waals surface area (Å²) in [4.78, 5) is 22.1. The zero-order valence-electron chi connectivity index (χ0n) is 21.5. The topological polar surface area (TPSA) is 92.3 Å². The first-order valence-electron chi connectivity index (χ1n) is 12.8. The van der Waals surface area contributed by atoms with Crippen molar-refractivity contribution in [3.8, 4) is 5.75 Å². The Bertz CT molecular complexity index is 1430. The lowest BCUT2D eigenvalue weighted by Crippen LogP contribution is -2.48. The number of aromatic nitrogens is 1. The summed E-state index contributed by atoms with van der Waals surface area (Å²) in [6.45, 7) is 4.03. The fourth-order valence-corrected chi connectivity index (χ4v) is 7.66. The van der Waals surface area contributed by atoms with Crippen LogP contribution in [0.4, 0.5) is 13.9 Å². The van der Waals surface area contributed by atoms with Crippen LogP contribution in [0.15, 0.2) is 41.3 Å². The van der Waals surface area contributed by atoms with Crippen molar-refractivity contribution in [2.24, 2.45) is 0 Å². The molecule has 2 saturated heterocycles. The van der Waals surface area contributed by atoms with Gasteiger partial charge in [0.1, 0.15) is 23.1 Å². The van der Waals surface area contributed by atoms with Crippen molar-refractivity contribution in [2.75, 3.05) is 57.9 Å². The number of sulfonamides is 1. The van der Waals surface area contributed by atoms with E-state index >= 15 is 0 Å². The molecule has 2 aliphatic heterocycles. The zero-order chi connectivity index (χ0) is 27.6. The van der Waals surface area contributed by atoms with Gasteiger partial charge in [0.25, 0.3) is 0 Å². The average Bonchev–Trinajstić information content (AvgIpc) is 3.60. The highest BCUT2D eigenvalue weighted by Crippen LogP contribution is 2.34. The number of nitrogens with zero attached hydrogens (tertiary/aromatic N) is 4. The fourth-order valence-electron chi connectivity index (χ4n) is 4.98. The summed E-state index contributed by atoms with van der Waals surface area (Å²) in [5.74, 6) is -1.44. The van der Waals surface area contributed by atoms with Crippen LogP contribution in [0.1, 0.15) is 19.3 Å². The van der Waals surface area contributed by atoms with E-state index in [9.17, 15) is 22.0 Å². The number of benzene rings is 2. The van der Waals surface area contributed by atoms with Gasteiger partial charge >= 0.3 is 0 Å². The molecule has 0 spiro atoms. The third-order valence-electron chi connectivity index (χ3n) is 7.01. The SMILES string of the molecule is COc1ccc(S(=O)(=O)N2CCCC2C(=O)N(CCCN2CCOCC2)c2nc3c(F)cc(F)cc3s2)cc1. The number of amides is 1. The lowest BCUT2D eigenvalue weighted by atomic mass is 10.2. The second kappa shape index (κ2) is 11.8. The van der Waals surface area contributed by atoms with Gasteiger partial charge in [-0.15, -0.1) is 0 Å². The molecule has 0 bridgehead atoms. The molecule has 0 N–H and O–H groups in total. The van der Waals surface area contributed by atoms with E-state index in [1.54, 1.807) is 12.1 Å². The largest absolute Gasteiger partial charge is 0.497 e. The van der Waals surface area contributed by atoms with Gasteiger partial charge in [-0.25, -0.2) is 22.2 Å². The van der Waals surface area contributed by atoms with Crippen molar-refractivity contribution in [3.63, 3.8) is 0 Å². The molecule has 0 aliphatic carbocycles. The van der Waals surface area contributed by atoms with Gasteiger partial charge in [-0.3, -0.25) is 14.6 Å². The van der Waals surface area contributed by atoms with Crippen LogP contribution in [0, 0.1) is 11.6 Å². The number of hydrogen-bond donors (Lipinski definition) is 0. The maximum Gasteiger partial charge on any atom is 0.247 e. The quantitative estimate of drug-likeness (QED) is 0.383. The Kier molecular flexibility index (Phi) is 8.43. The standard InChI is InChI=1S/C26H30F2N4O5S2/c1-36-19-5-7-20(8-6-19)39(34,35)32-11-2-4-22(32)25(33)31(10-3-9-30-12-14-37-15-13-30)26-29-24-21(28)16-18(27)17-23(24)38-26/h5-8,16-17,22H,2-4,9-15H2,1H3. The highest BCUT2D eigenvalue weighted by Gasteiger charge is 2.42. The van der Waals surface area contributed by atoms with Crippen molar-refractivity contribution in [3.05, 3.63) is 48.0 Å². The molecule has 2 aliphatic rings. The first-order chi connectivity index (χ1) is 18.8. The Morgan fingerprint density at radius 1 is 1.18 bits per heavy atom. The first kappa shape index (κ1) is 27.8. The van der Waals surface area contributed by atoms with Crippen LogP contribution in [0.3, 0.4) is 0 Å². The monoisotopic (exact) mass is 580 g/mol. The van der Waals surface area contributed by atoms with E-state index < -0.39 is 33.6 Å². The lowest BCUT2D eigenvalue weighted by Gasteiger charge is -2.30. The number of methoxy groups -OCH3 is 1. The van der Waals surface area contributed by atoms with Crippen LogP contribution in [-0.2, 0) is 19.6 Å². The van der Waals surface area contributed by atoms with E-state index in [1.165, 1.54) is 34.5 Å². The summed E-state index contributed by atoms with van der Waals surface area (Å²) in [7, 11) is -2.47.